The summed E-state index contributed by atoms with van der Waals surface area (Å²) in [6.07, 6.45) is 0.586. The summed E-state index contributed by atoms with van der Waals surface area (Å²) in [5.74, 6) is 0. The van der Waals surface area contributed by atoms with Gasteiger partial charge in [-0.05, 0) is 36.1 Å². The maximum Gasteiger partial charge on any atom is 0.250 e. The maximum atomic E-state index is 12.1. The molecule has 0 unspecified atom stereocenters. The SMILES string of the molecule is Cc1cc(S(=O)(=O)NCCc2ccc(CO)cc2)sc1Cl. The number of hydrogen-bond donors (Lipinski definition) is 2. The quantitative estimate of drug-likeness (QED) is 0.846. The normalized spacial score (nSPS) is 11.8. The fourth-order valence-electron chi connectivity index (χ4n) is 1.78. The zero-order valence-corrected chi connectivity index (χ0v) is 13.9. The molecule has 1 aromatic carbocycles. The monoisotopic (exact) mass is 345 g/mol. The van der Waals surface area contributed by atoms with Gasteiger partial charge in [0.05, 0.1) is 10.9 Å². The van der Waals surface area contributed by atoms with Crippen molar-refractivity contribution in [1.29, 1.82) is 0 Å². The molecule has 0 bridgehead atoms. The van der Waals surface area contributed by atoms with Crippen molar-refractivity contribution in [2.24, 2.45) is 0 Å². The molecule has 0 amide bonds. The van der Waals surface area contributed by atoms with Crippen LogP contribution in [0.5, 0.6) is 0 Å². The highest BCUT2D eigenvalue weighted by atomic mass is 35.5. The molecule has 4 nitrogen and oxygen atoms in total. The second-order valence-corrected chi connectivity index (χ2v) is 8.29. The first-order valence-electron chi connectivity index (χ1n) is 6.36. The average molecular weight is 346 g/mol. The Morgan fingerprint density at radius 2 is 1.86 bits per heavy atom. The Kier molecular flexibility index (Phi) is 5.40. The first-order valence-corrected chi connectivity index (χ1v) is 9.04. The highest BCUT2D eigenvalue weighted by molar-refractivity contribution is 7.91. The van der Waals surface area contributed by atoms with E-state index < -0.39 is 10.0 Å². The fourth-order valence-corrected chi connectivity index (χ4v) is 4.56. The van der Waals surface area contributed by atoms with Gasteiger partial charge in [0.1, 0.15) is 4.21 Å². The number of aliphatic hydroxyl groups is 1. The number of aliphatic hydroxyl groups excluding tert-OH is 1. The summed E-state index contributed by atoms with van der Waals surface area (Å²) in [5.41, 5.74) is 2.61. The smallest absolute Gasteiger partial charge is 0.250 e. The van der Waals surface area contributed by atoms with Gasteiger partial charge >= 0.3 is 0 Å². The molecule has 0 fully saturated rings. The van der Waals surface area contributed by atoms with Gasteiger partial charge in [0.25, 0.3) is 0 Å². The Morgan fingerprint density at radius 3 is 2.38 bits per heavy atom. The van der Waals surface area contributed by atoms with Gasteiger partial charge < -0.3 is 5.11 Å². The molecule has 0 saturated carbocycles. The molecule has 7 heteroatoms. The summed E-state index contributed by atoms with van der Waals surface area (Å²) in [6, 6.07) is 8.99. The second kappa shape index (κ2) is 6.89. The minimum atomic E-state index is -3.50. The molecule has 0 aliphatic heterocycles. The number of thiophene rings is 1. The van der Waals surface area contributed by atoms with Gasteiger partial charge in [-0.25, -0.2) is 13.1 Å². The first kappa shape index (κ1) is 16.5. The minimum Gasteiger partial charge on any atom is -0.392 e. The Morgan fingerprint density at radius 1 is 1.24 bits per heavy atom. The largest absolute Gasteiger partial charge is 0.392 e. The van der Waals surface area contributed by atoms with Crippen molar-refractivity contribution >= 4 is 33.0 Å². The van der Waals surface area contributed by atoms with Crippen LogP contribution >= 0.6 is 22.9 Å². The zero-order chi connectivity index (χ0) is 15.5. The van der Waals surface area contributed by atoms with Crippen LogP contribution in [0.2, 0.25) is 4.34 Å². The minimum absolute atomic E-state index is 0.00535. The predicted molar refractivity (Wildman–Crippen MR) is 85.3 cm³/mol. The number of rotatable bonds is 6. The third kappa shape index (κ3) is 4.28. The van der Waals surface area contributed by atoms with Gasteiger partial charge in [-0.2, -0.15) is 0 Å². The van der Waals surface area contributed by atoms with Gasteiger partial charge in [-0.3, -0.25) is 0 Å². The number of halogens is 1. The van der Waals surface area contributed by atoms with Crippen LogP contribution in [0, 0.1) is 6.92 Å². The number of hydrogen-bond acceptors (Lipinski definition) is 4. The fraction of sp³-hybridized carbons (Fsp3) is 0.286. The standard InChI is InChI=1S/C14H16ClNO3S2/c1-10-8-13(20-14(10)15)21(18,19)16-7-6-11-2-4-12(9-17)5-3-11/h2-5,8,16-17H,6-7,9H2,1H3. The van der Waals surface area contributed by atoms with E-state index in [1.54, 1.807) is 13.0 Å². The second-order valence-electron chi connectivity index (χ2n) is 4.64. The highest BCUT2D eigenvalue weighted by Crippen LogP contribution is 2.29. The Bertz CT molecular complexity index is 689. The molecule has 2 N–H and O–H groups in total. The summed E-state index contributed by atoms with van der Waals surface area (Å²) < 4.78 is 27.5. The molecule has 21 heavy (non-hydrogen) atoms. The molecule has 1 aromatic heterocycles. The van der Waals surface area contributed by atoms with Gasteiger partial charge in [0, 0.05) is 6.54 Å². The molecule has 0 saturated heterocycles. The molecule has 0 spiro atoms. The number of benzene rings is 1. The van der Waals surface area contributed by atoms with Crippen molar-refractivity contribution in [3.63, 3.8) is 0 Å². The molecule has 0 atom stereocenters. The van der Waals surface area contributed by atoms with Crippen LogP contribution in [0.4, 0.5) is 0 Å². The number of aryl methyl sites for hydroxylation is 1. The summed E-state index contributed by atoms with van der Waals surface area (Å²) in [4.78, 5) is 0. The third-order valence-corrected chi connectivity index (χ3v) is 6.50. The van der Waals surface area contributed by atoms with Crippen LogP contribution in [0.25, 0.3) is 0 Å². The molecule has 1 heterocycles. The zero-order valence-electron chi connectivity index (χ0n) is 11.5. The molecule has 0 radical (unpaired) electrons. The topological polar surface area (TPSA) is 66.4 Å². The van der Waals surface area contributed by atoms with Crippen LogP contribution in [0.15, 0.2) is 34.5 Å². The summed E-state index contributed by atoms with van der Waals surface area (Å²) in [7, 11) is -3.50. The first-order chi connectivity index (χ1) is 9.92. The lowest BCUT2D eigenvalue weighted by atomic mass is 10.1. The highest BCUT2D eigenvalue weighted by Gasteiger charge is 2.17. The lowest BCUT2D eigenvalue weighted by Gasteiger charge is -2.05. The van der Waals surface area contributed by atoms with Gasteiger partial charge in [-0.15, -0.1) is 11.3 Å². The van der Waals surface area contributed by atoms with E-state index in [1.165, 1.54) is 0 Å². The lowest BCUT2D eigenvalue weighted by Crippen LogP contribution is -2.25. The molecular formula is C14H16ClNO3S2. The molecule has 2 rings (SSSR count). The van der Waals surface area contributed by atoms with Crippen molar-refractivity contribution < 1.29 is 13.5 Å². The molecular weight excluding hydrogens is 330 g/mol. The van der Waals surface area contributed by atoms with E-state index in [4.69, 9.17) is 16.7 Å². The summed E-state index contributed by atoms with van der Waals surface area (Å²) in [6.45, 7) is 2.10. The van der Waals surface area contributed by atoms with E-state index in [-0.39, 0.29) is 10.8 Å². The Labute approximate surface area is 133 Å². The predicted octanol–water partition coefficient (Wildman–Crippen LogP) is 2.72. The van der Waals surface area contributed by atoms with Crippen molar-refractivity contribution in [2.75, 3.05) is 6.54 Å². The van der Waals surface area contributed by atoms with Crippen LogP contribution in [-0.4, -0.2) is 20.1 Å². The number of sulfonamides is 1. The van der Waals surface area contributed by atoms with Crippen molar-refractivity contribution in [1.82, 2.24) is 4.72 Å². The van der Waals surface area contributed by atoms with Crippen LogP contribution < -0.4 is 4.72 Å². The van der Waals surface area contributed by atoms with Crippen molar-refractivity contribution in [3.8, 4) is 0 Å². The van der Waals surface area contributed by atoms with Gasteiger partial charge in [0.2, 0.25) is 10.0 Å². The Balaban J connectivity index is 1.95. The Hall–Kier alpha value is -0.920. The molecule has 2 aromatic rings. The van der Waals surface area contributed by atoms with Gasteiger partial charge in [0.15, 0.2) is 0 Å². The molecule has 0 aliphatic rings. The van der Waals surface area contributed by atoms with E-state index >= 15 is 0 Å². The lowest BCUT2D eigenvalue weighted by molar-refractivity contribution is 0.282. The average Bonchev–Trinajstić information content (AvgIpc) is 2.80. The third-order valence-electron chi connectivity index (χ3n) is 3.01. The van der Waals surface area contributed by atoms with E-state index in [0.717, 1.165) is 28.0 Å². The van der Waals surface area contributed by atoms with E-state index in [0.29, 0.717) is 17.3 Å². The van der Waals surface area contributed by atoms with Crippen molar-refractivity contribution in [2.45, 2.75) is 24.2 Å². The van der Waals surface area contributed by atoms with E-state index in [2.05, 4.69) is 4.72 Å². The van der Waals surface area contributed by atoms with Crippen LogP contribution in [0.1, 0.15) is 16.7 Å². The number of nitrogens with one attached hydrogen (secondary N) is 1. The van der Waals surface area contributed by atoms with Crippen molar-refractivity contribution in [3.05, 3.63) is 51.4 Å². The maximum absolute atomic E-state index is 12.1. The molecule has 114 valence electrons. The summed E-state index contributed by atoms with van der Waals surface area (Å²) in [5, 5.41) is 8.96. The van der Waals surface area contributed by atoms with Crippen LogP contribution in [-0.2, 0) is 23.1 Å². The summed E-state index contributed by atoms with van der Waals surface area (Å²) >= 11 is 6.96. The molecule has 0 aliphatic carbocycles. The van der Waals surface area contributed by atoms with Crippen LogP contribution in [0.3, 0.4) is 0 Å². The van der Waals surface area contributed by atoms with Gasteiger partial charge in [-0.1, -0.05) is 35.9 Å². The van der Waals surface area contributed by atoms with E-state index in [9.17, 15) is 8.42 Å². The van der Waals surface area contributed by atoms with E-state index in [1.807, 2.05) is 24.3 Å².